The van der Waals surface area contributed by atoms with Crippen molar-refractivity contribution in [3.63, 3.8) is 0 Å². The van der Waals surface area contributed by atoms with Gasteiger partial charge in [0.2, 0.25) is 21.8 Å². The van der Waals surface area contributed by atoms with Crippen molar-refractivity contribution in [3.8, 4) is 5.75 Å². The minimum atomic E-state index is -3.64. The number of sulfonamides is 1. The highest BCUT2D eigenvalue weighted by molar-refractivity contribution is 7.92. The van der Waals surface area contributed by atoms with Crippen molar-refractivity contribution in [2.45, 2.75) is 52.1 Å². The smallest absolute Gasteiger partial charge is 0.243 e. The van der Waals surface area contributed by atoms with E-state index in [0.29, 0.717) is 30.2 Å². The summed E-state index contributed by atoms with van der Waals surface area (Å²) in [7, 11) is -3.64. The molecule has 0 unspecified atom stereocenters. The van der Waals surface area contributed by atoms with Gasteiger partial charge in [-0.25, -0.2) is 12.8 Å². The Bertz CT molecular complexity index is 1400. The quantitative estimate of drug-likeness (QED) is 0.253. The van der Waals surface area contributed by atoms with Crippen molar-refractivity contribution in [2.75, 3.05) is 30.3 Å². The van der Waals surface area contributed by atoms with Gasteiger partial charge in [0.15, 0.2) is 0 Å². The van der Waals surface area contributed by atoms with Gasteiger partial charge < -0.3 is 15.0 Å². The molecule has 0 spiro atoms. The molecule has 0 saturated heterocycles. The molecule has 3 aromatic rings. The first kappa shape index (κ1) is 32.6. The fourth-order valence-corrected chi connectivity index (χ4v) is 5.57. The Morgan fingerprint density at radius 2 is 1.62 bits per heavy atom. The van der Waals surface area contributed by atoms with Gasteiger partial charge in [0.05, 0.1) is 18.6 Å². The number of halogens is 1. The Morgan fingerprint density at radius 1 is 0.952 bits per heavy atom. The van der Waals surface area contributed by atoms with E-state index >= 15 is 0 Å². The summed E-state index contributed by atoms with van der Waals surface area (Å²) in [5, 5.41) is 2.89. The normalized spacial score (nSPS) is 11.9. The zero-order chi connectivity index (χ0) is 30.5. The molecule has 0 aliphatic heterocycles. The van der Waals surface area contributed by atoms with Crippen LogP contribution in [0.15, 0.2) is 78.9 Å². The fourth-order valence-electron chi connectivity index (χ4n) is 4.61. The van der Waals surface area contributed by atoms with Crippen molar-refractivity contribution in [1.82, 2.24) is 10.2 Å². The highest BCUT2D eigenvalue weighted by atomic mass is 32.2. The molecule has 1 N–H and O–H groups in total. The maximum atomic E-state index is 14.7. The van der Waals surface area contributed by atoms with Crippen LogP contribution >= 0.6 is 0 Å². The van der Waals surface area contributed by atoms with Crippen LogP contribution < -0.4 is 14.4 Å². The van der Waals surface area contributed by atoms with E-state index in [2.05, 4.69) is 5.32 Å². The van der Waals surface area contributed by atoms with Crippen LogP contribution in [0.25, 0.3) is 0 Å². The summed E-state index contributed by atoms with van der Waals surface area (Å²) in [6, 6.07) is 21.4. The lowest BCUT2D eigenvalue weighted by molar-refractivity contribution is -0.141. The first-order valence-electron chi connectivity index (χ1n) is 14.2. The van der Waals surface area contributed by atoms with Gasteiger partial charge in [-0.05, 0) is 55.7 Å². The van der Waals surface area contributed by atoms with Crippen LogP contribution in [-0.2, 0) is 32.6 Å². The number of nitrogens with zero attached hydrogens (tertiary/aromatic N) is 2. The van der Waals surface area contributed by atoms with E-state index in [-0.39, 0.29) is 44.2 Å². The van der Waals surface area contributed by atoms with Gasteiger partial charge in [-0.2, -0.15) is 0 Å². The number of benzene rings is 3. The molecule has 0 heterocycles. The Labute approximate surface area is 248 Å². The second kappa shape index (κ2) is 15.9. The summed E-state index contributed by atoms with van der Waals surface area (Å²) in [5.41, 5.74) is 1.61. The number of amides is 2. The molecule has 8 nitrogen and oxygen atoms in total. The van der Waals surface area contributed by atoms with Crippen LogP contribution in [0.4, 0.5) is 10.1 Å². The largest absolute Gasteiger partial charge is 0.494 e. The SMILES string of the molecule is CCCNC(=O)[C@H](Cc1ccccc1)N(Cc1ccccc1F)C(=O)CCCN(c1ccc(OCC)cc1)S(C)(=O)=O. The Morgan fingerprint density at radius 3 is 2.24 bits per heavy atom. The van der Waals surface area contributed by atoms with E-state index in [1.807, 2.05) is 44.2 Å². The number of nitrogens with one attached hydrogen (secondary N) is 1. The molecule has 0 radical (unpaired) electrons. The average Bonchev–Trinajstić information content (AvgIpc) is 2.97. The molecule has 0 saturated carbocycles. The summed E-state index contributed by atoms with van der Waals surface area (Å²) in [4.78, 5) is 28.6. The van der Waals surface area contributed by atoms with Crippen molar-refractivity contribution >= 4 is 27.5 Å². The highest BCUT2D eigenvalue weighted by Gasteiger charge is 2.31. The Balaban J connectivity index is 1.85. The van der Waals surface area contributed by atoms with Crippen LogP contribution in [0, 0.1) is 5.82 Å². The fraction of sp³-hybridized carbons (Fsp3) is 0.375. The summed E-state index contributed by atoms with van der Waals surface area (Å²) < 4.78 is 46.7. The van der Waals surface area contributed by atoms with Crippen LogP contribution in [0.5, 0.6) is 5.75 Å². The second-order valence-electron chi connectivity index (χ2n) is 9.98. The molecule has 0 fully saturated rings. The van der Waals surface area contributed by atoms with Gasteiger partial charge in [-0.1, -0.05) is 55.5 Å². The monoisotopic (exact) mass is 597 g/mol. The topological polar surface area (TPSA) is 96.0 Å². The van der Waals surface area contributed by atoms with E-state index in [9.17, 15) is 22.4 Å². The van der Waals surface area contributed by atoms with Gasteiger partial charge in [0.25, 0.3) is 0 Å². The predicted octanol–water partition coefficient (Wildman–Crippen LogP) is 4.94. The maximum Gasteiger partial charge on any atom is 0.243 e. The minimum Gasteiger partial charge on any atom is -0.494 e. The molecule has 2 amide bonds. The third-order valence-electron chi connectivity index (χ3n) is 6.71. The van der Waals surface area contributed by atoms with E-state index in [1.54, 1.807) is 42.5 Å². The number of carbonyl (C=O) groups is 2. The van der Waals surface area contributed by atoms with Gasteiger partial charge >= 0.3 is 0 Å². The molecule has 3 aromatic carbocycles. The van der Waals surface area contributed by atoms with Crippen LogP contribution in [0.1, 0.15) is 44.2 Å². The molecule has 226 valence electrons. The number of ether oxygens (including phenoxy) is 1. The van der Waals surface area contributed by atoms with Crippen molar-refractivity contribution in [3.05, 3.63) is 95.8 Å². The molecule has 0 bridgehead atoms. The number of rotatable bonds is 16. The zero-order valence-electron chi connectivity index (χ0n) is 24.5. The second-order valence-corrected chi connectivity index (χ2v) is 11.9. The van der Waals surface area contributed by atoms with Gasteiger partial charge in [-0.3, -0.25) is 13.9 Å². The molecule has 0 aromatic heterocycles. The number of carbonyl (C=O) groups excluding carboxylic acids is 2. The third kappa shape index (κ3) is 9.58. The standard InChI is InChI=1S/C32H40FN3O5S/c1-4-21-34-32(38)30(23-25-12-7-6-8-13-25)35(24-26-14-9-10-15-29(26)33)31(37)16-11-22-36(42(3,39)40)27-17-19-28(20-18-27)41-5-2/h6-10,12-15,17-20,30H,4-5,11,16,21-24H2,1-3H3,(H,34,38)/t30-/m0/s1. The van der Waals surface area contributed by atoms with Crippen LogP contribution in [0.3, 0.4) is 0 Å². The van der Waals surface area contributed by atoms with E-state index < -0.39 is 21.9 Å². The van der Waals surface area contributed by atoms with E-state index in [0.717, 1.165) is 18.2 Å². The van der Waals surface area contributed by atoms with Crippen molar-refractivity contribution in [1.29, 1.82) is 0 Å². The Hall–Kier alpha value is -3.92. The highest BCUT2D eigenvalue weighted by Crippen LogP contribution is 2.23. The van der Waals surface area contributed by atoms with Gasteiger partial charge in [-0.15, -0.1) is 0 Å². The molecular weight excluding hydrogens is 557 g/mol. The Kier molecular flexibility index (Phi) is 12.3. The predicted molar refractivity (Wildman–Crippen MR) is 163 cm³/mol. The summed E-state index contributed by atoms with van der Waals surface area (Å²) >= 11 is 0. The molecular formula is C32H40FN3O5S. The molecule has 0 aliphatic carbocycles. The van der Waals surface area contributed by atoms with Gasteiger partial charge in [0.1, 0.15) is 17.6 Å². The number of hydrogen-bond acceptors (Lipinski definition) is 5. The maximum absolute atomic E-state index is 14.7. The van der Waals surface area contributed by atoms with E-state index in [4.69, 9.17) is 4.74 Å². The van der Waals surface area contributed by atoms with E-state index in [1.165, 1.54) is 15.3 Å². The minimum absolute atomic E-state index is 0.0378. The number of anilines is 1. The molecule has 1 atom stereocenters. The molecule has 42 heavy (non-hydrogen) atoms. The third-order valence-corrected chi connectivity index (χ3v) is 7.90. The lowest BCUT2D eigenvalue weighted by Crippen LogP contribution is -2.50. The lowest BCUT2D eigenvalue weighted by atomic mass is 10.0. The zero-order valence-corrected chi connectivity index (χ0v) is 25.3. The lowest BCUT2D eigenvalue weighted by Gasteiger charge is -2.32. The van der Waals surface area contributed by atoms with Gasteiger partial charge in [0, 0.05) is 38.0 Å². The summed E-state index contributed by atoms with van der Waals surface area (Å²) in [6.45, 7) is 4.68. The number of hydrogen-bond donors (Lipinski definition) is 1. The molecule has 3 rings (SSSR count). The summed E-state index contributed by atoms with van der Waals surface area (Å²) in [5.74, 6) is -0.538. The summed E-state index contributed by atoms with van der Waals surface area (Å²) in [6.07, 6.45) is 2.24. The first-order chi connectivity index (χ1) is 20.1. The van der Waals surface area contributed by atoms with Crippen molar-refractivity contribution in [2.24, 2.45) is 0 Å². The van der Waals surface area contributed by atoms with Crippen molar-refractivity contribution < 1.29 is 27.1 Å². The van der Waals surface area contributed by atoms with Crippen LogP contribution in [0.2, 0.25) is 0 Å². The van der Waals surface area contributed by atoms with Crippen LogP contribution in [-0.4, -0.2) is 57.1 Å². The first-order valence-corrected chi connectivity index (χ1v) is 16.0. The molecule has 0 aliphatic rings. The molecule has 10 heteroatoms. The average molecular weight is 598 g/mol.